The summed E-state index contributed by atoms with van der Waals surface area (Å²) >= 11 is 0. The summed E-state index contributed by atoms with van der Waals surface area (Å²) in [5.74, 6) is -2.96. The van der Waals surface area contributed by atoms with Crippen LogP contribution in [0.25, 0.3) is 0 Å². The van der Waals surface area contributed by atoms with Crippen molar-refractivity contribution in [2.75, 3.05) is 0 Å². The van der Waals surface area contributed by atoms with E-state index in [1.54, 1.807) is 13.8 Å². The summed E-state index contributed by atoms with van der Waals surface area (Å²) in [4.78, 5) is 21.9. The summed E-state index contributed by atoms with van der Waals surface area (Å²) in [7, 11) is 0. The predicted molar refractivity (Wildman–Crippen MR) is 56.6 cm³/mol. The van der Waals surface area contributed by atoms with Gasteiger partial charge in [-0.1, -0.05) is 19.4 Å². The zero-order valence-electron chi connectivity index (χ0n) is 9.57. The summed E-state index contributed by atoms with van der Waals surface area (Å²) < 4.78 is 0. The van der Waals surface area contributed by atoms with Gasteiger partial charge in [0.05, 0.1) is 5.92 Å². The molecule has 0 amide bonds. The third-order valence-electron chi connectivity index (χ3n) is 2.12. The van der Waals surface area contributed by atoms with Gasteiger partial charge in [-0.05, 0) is 26.2 Å². The molecule has 1 atom stereocenters. The fourth-order valence-electron chi connectivity index (χ4n) is 1.52. The third-order valence-corrected chi connectivity index (χ3v) is 2.12. The average molecular weight is 214 g/mol. The van der Waals surface area contributed by atoms with Gasteiger partial charge in [0.1, 0.15) is 0 Å². The Morgan fingerprint density at radius 2 is 1.60 bits per heavy atom. The highest BCUT2D eigenvalue weighted by Gasteiger charge is 2.28. The normalized spacial score (nSPS) is 12.3. The maximum Gasteiger partial charge on any atom is 0.332 e. The zero-order chi connectivity index (χ0) is 12.2. The first kappa shape index (κ1) is 13.7. The molecule has 2 N–H and O–H groups in total. The molecule has 15 heavy (non-hydrogen) atoms. The van der Waals surface area contributed by atoms with Gasteiger partial charge >= 0.3 is 11.9 Å². The first-order chi connectivity index (χ1) is 6.77. The smallest absolute Gasteiger partial charge is 0.332 e. The molecule has 0 saturated heterocycles. The van der Waals surface area contributed by atoms with Gasteiger partial charge in [0.2, 0.25) is 0 Å². The molecule has 0 aromatic rings. The Morgan fingerprint density at radius 3 is 1.80 bits per heavy atom. The van der Waals surface area contributed by atoms with Crippen molar-refractivity contribution in [3.8, 4) is 0 Å². The van der Waals surface area contributed by atoms with Gasteiger partial charge in [-0.3, -0.25) is 4.79 Å². The second kappa shape index (κ2) is 5.53. The minimum atomic E-state index is -1.14. The van der Waals surface area contributed by atoms with E-state index in [-0.39, 0.29) is 11.5 Å². The quantitative estimate of drug-likeness (QED) is 0.688. The Morgan fingerprint density at radius 1 is 1.13 bits per heavy atom. The molecule has 0 aliphatic rings. The maximum atomic E-state index is 11.0. The van der Waals surface area contributed by atoms with Crippen molar-refractivity contribution >= 4 is 11.9 Å². The van der Waals surface area contributed by atoms with E-state index in [0.29, 0.717) is 12.0 Å². The summed E-state index contributed by atoms with van der Waals surface area (Å²) in [6.45, 7) is 7.00. The van der Waals surface area contributed by atoms with Crippen molar-refractivity contribution < 1.29 is 19.8 Å². The monoisotopic (exact) mass is 214 g/mol. The molecule has 0 aliphatic carbocycles. The lowest BCUT2D eigenvalue weighted by atomic mass is 9.88. The SMILES string of the molecule is CC(C)=C(C(=O)O)C(CC(C)C)C(=O)O. The lowest BCUT2D eigenvalue weighted by Gasteiger charge is -2.16. The van der Waals surface area contributed by atoms with E-state index in [4.69, 9.17) is 10.2 Å². The Bertz CT molecular complexity index is 285. The largest absolute Gasteiger partial charge is 0.481 e. The number of aliphatic carboxylic acids is 2. The number of carbonyl (C=O) groups is 2. The van der Waals surface area contributed by atoms with E-state index < -0.39 is 17.9 Å². The highest BCUT2D eigenvalue weighted by Crippen LogP contribution is 2.23. The van der Waals surface area contributed by atoms with Crippen LogP contribution in [0, 0.1) is 11.8 Å². The number of hydrogen-bond acceptors (Lipinski definition) is 2. The van der Waals surface area contributed by atoms with Crippen molar-refractivity contribution in [3.05, 3.63) is 11.1 Å². The number of carboxylic acids is 2. The van der Waals surface area contributed by atoms with Crippen molar-refractivity contribution in [1.82, 2.24) is 0 Å². The van der Waals surface area contributed by atoms with Crippen molar-refractivity contribution in [3.63, 3.8) is 0 Å². The van der Waals surface area contributed by atoms with Crippen LogP contribution in [-0.2, 0) is 9.59 Å². The molecule has 0 spiro atoms. The van der Waals surface area contributed by atoms with E-state index in [9.17, 15) is 9.59 Å². The fourth-order valence-corrected chi connectivity index (χ4v) is 1.52. The molecular formula is C11H18O4. The Labute approximate surface area is 89.6 Å². The lowest BCUT2D eigenvalue weighted by Crippen LogP contribution is -2.24. The van der Waals surface area contributed by atoms with Gasteiger partial charge in [-0.2, -0.15) is 0 Å². The molecule has 0 fully saturated rings. The Balaban J connectivity index is 5.13. The van der Waals surface area contributed by atoms with Crippen LogP contribution >= 0.6 is 0 Å². The molecule has 0 rings (SSSR count). The molecule has 1 unspecified atom stereocenters. The van der Waals surface area contributed by atoms with Gasteiger partial charge < -0.3 is 10.2 Å². The Hall–Kier alpha value is -1.32. The fraction of sp³-hybridized carbons (Fsp3) is 0.636. The number of hydrogen-bond donors (Lipinski definition) is 2. The molecule has 0 radical (unpaired) electrons. The molecule has 86 valence electrons. The minimum absolute atomic E-state index is 0.0104. The molecule has 0 aliphatic heterocycles. The Kier molecular flexibility index (Phi) is 5.05. The van der Waals surface area contributed by atoms with Gasteiger partial charge in [0.15, 0.2) is 0 Å². The summed E-state index contributed by atoms with van der Waals surface area (Å²) in [5, 5.41) is 17.9. The average Bonchev–Trinajstić information content (AvgIpc) is 2.00. The van der Waals surface area contributed by atoms with Crippen molar-refractivity contribution in [1.29, 1.82) is 0 Å². The van der Waals surface area contributed by atoms with Gasteiger partial charge in [0, 0.05) is 5.57 Å². The summed E-state index contributed by atoms with van der Waals surface area (Å²) in [6.07, 6.45) is 0.349. The van der Waals surface area contributed by atoms with E-state index >= 15 is 0 Å². The van der Waals surface area contributed by atoms with Crippen LogP contribution in [-0.4, -0.2) is 22.2 Å². The van der Waals surface area contributed by atoms with Gasteiger partial charge in [-0.15, -0.1) is 0 Å². The van der Waals surface area contributed by atoms with Gasteiger partial charge in [-0.25, -0.2) is 4.79 Å². The molecule has 0 heterocycles. The molecule has 0 aromatic heterocycles. The number of carboxylic acid groups (broad SMARTS) is 2. The van der Waals surface area contributed by atoms with Crippen LogP contribution in [0.1, 0.15) is 34.1 Å². The van der Waals surface area contributed by atoms with Crippen LogP contribution in [0.3, 0.4) is 0 Å². The van der Waals surface area contributed by atoms with Crippen LogP contribution in [0.15, 0.2) is 11.1 Å². The second-order valence-electron chi connectivity index (χ2n) is 4.24. The van der Waals surface area contributed by atoms with E-state index in [2.05, 4.69) is 0 Å². The minimum Gasteiger partial charge on any atom is -0.481 e. The molecule has 0 bridgehead atoms. The topological polar surface area (TPSA) is 74.6 Å². The maximum absolute atomic E-state index is 11.0. The van der Waals surface area contributed by atoms with E-state index in [1.165, 1.54) is 0 Å². The molecule has 4 heteroatoms. The molecular weight excluding hydrogens is 196 g/mol. The van der Waals surface area contributed by atoms with Crippen LogP contribution in [0.5, 0.6) is 0 Å². The summed E-state index contributed by atoms with van der Waals surface area (Å²) in [5.41, 5.74) is 0.562. The zero-order valence-corrected chi connectivity index (χ0v) is 9.57. The predicted octanol–water partition coefficient (Wildman–Crippen LogP) is 2.15. The van der Waals surface area contributed by atoms with Crippen molar-refractivity contribution in [2.45, 2.75) is 34.1 Å². The van der Waals surface area contributed by atoms with Gasteiger partial charge in [0.25, 0.3) is 0 Å². The van der Waals surface area contributed by atoms with E-state index in [0.717, 1.165) is 0 Å². The van der Waals surface area contributed by atoms with Crippen molar-refractivity contribution in [2.24, 2.45) is 11.8 Å². The third kappa shape index (κ3) is 4.14. The second-order valence-corrected chi connectivity index (χ2v) is 4.24. The first-order valence-electron chi connectivity index (χ1n) is 4.90. The van der Waals surface area contributed by atoms with Crippen LogP contribution < -0.4 is 0 Å². The van der Waals surface area contributed by atoms with E-state index in [1.807, 2.05) is 13.8 Å². The number of allylic oxidation sites excluding steroid dienone is 1. The highest BCUT2D eigenvalue weighted by atomic mass is 16.4. The standard InChI is InChI=1S/C11H18O4/c1-6(2)5-8(10(12)13)9(7(3)4)11(14)15/h6,8H,5H2,1-4H3,(H,12,13)(H,14,15). The highest BCUT2D eigenvalue weighted by molar-refractivity contribution is 5.94. The van der Waals surface area contributed by atoms with Crippen LogP contribution in [0.2, 0.25) is 0 Å². The lowest BCUT2D eigenvalue weighted by molar-refractivity contribution is -0.144. The first-order valence-corrected chi connectivity index (χ1v) is 4.90. The molecule has 0 aromatic carbocycles. The number of rotatable bonds is 5. The molecule has 4 nitrogen and oxygen atoms in total. The summed E-state index contributed by atoms with van der Waals surface area (Å²) in [6, 6.07) is 0. The molecule has 0 saturated carbocycles. The van der Waals surface area contributed by atoms with Crippen LogP contribution in [0.4, 0.5) is 0 Å².